The second-order valence-electron chi connectivity index (χ2n) is 32.6. The summed E-state index contributed by atoms with van der Waals surface area (Å²) in [6, 6.07) is 107. The van der Waals surface area contributed by atoms with Crippen LogP contribution >= 0.6 is 0 Å². The van der Waals surface area contributed by atoms with Gasteiger partial charge >= 0.3 is 0 Å². The van der Waals surface area contributed by atoms with Gasteiger partial charge in [-0.05, 0) is 284 Å². The maximum absolute atomic E-state index is 14.9. The highest BCUT2D eigenvalue weighted by Crippen LogP contribution is 2.51. The van der Waals surface area contributed by atoms with Crippen molar-refractivity contribution in [3.63, 3.8) is 0 Å². The molecule has 0 spiro atoms. The highest BCUT2D eigenvalue weighted by molar-refractivity contribution is 6.27. The van der Waals surface area contributed by atoms with Crippen molar-refractivity contribution in [1.29, 1.82) is 0 Å². The average molecular weight is 1670 g/mol. The number of fused-ring (bicyclic) bond motifs is 20. The number of nitrogens with zero attached hydrogens (tertiary/aromatic N) is 8. The Morgan fingerprint density at radius 2 is 0.414 bits per heavy atom. The molecule has 0 unspecified atom stereocenters. The molecule has 0 bridgehead atoms. The Bertz CT molecular complexity index is 8590. The number of hydrogen-bond acceptors (Lipinski definition) is 4. The van der Waals surface area contributed by atoms with E-state index < -0.39 is 46.5 Å². The van der Waals surface area contributed by atoms with E-state index in [-0.39, 0.29) is 0 Å². The highest BCUT2D eigenvalue weighted by atomic mass is 19.2. The van der Waals surface area contributed by atoms with Gasteiger partial charge in [-0.1, -0.05) is 121 Å². The number of rotatable bonds is 8. The minimum absolute atomic E-state index is 0.405. The van der Waals surface area contributed by atoms with Crippen LogP contribution in [0, 0.1) is 46.5 Å². The second-order valence-corrected chi connectivity index (χ2v) is 32.6. The number of halogens is 8. The molecular weight excluding hydrogens is 1610 g/mol. The van der Waals surface area contributed by atoms with Crippen molar-refractivity contribution < 1.29 is 35.1 Å². The average Bonchev–Trinajstić information content (AvgIpc) is 1.07. The van der Waals surface area contributed by atoms with E-state index >= 15 is 0 Å². The molecule has 18 aromatic carbocycles. The summed E-state index contributed by atoms with van der Waals surface area (Å²) in [6.45, 7) is 0. The first-order valence-electron chi connectivity index (χ1n) is 41.8. The predicted molar refractivity (Wildman–Crippen MR) is 503 cm³/mol. The van der Waals surface area contributed by atoms with Gasteiger partial charge in [0, 0.05) is 122 Å². The van der Waals surface area contributed by atoms with Crippen LogP contribution in [0.25, 0.3) is 241 Å². The Morgan fingerprint density at radius 1 is 0.172 bits per heavy atom. The summed E-state index contributed by atoms with van der Waals surface area (Å²) < 4.78 is 127. The lowest BCUT2D eigenvalue weighted by molar-refractivity contribution is 0.628. The zero-order valence-electron chi connectivity index (χ0n) is 67.2. The molecule has 0 radical (unpaired) electrons. The van der Waals surface area contributed by atoms with E-state index in [1.807, 2.05) is 122 Å². The Balaban J connectivity index is 0.000000139. The quantitative estimate of drug-likeness (QED) is 0.112. The minimum atomic E-state index is -0.406. The monoisotopic (exact) mass is 1670 g/mol. The minimum Gasteiger partial charge on any atom is -0.309 e. The fraction of sp³-hybridized carbons (Fsp3) is 0. The first-order valence-corrected chi connectivity index (χ1v) is 41.8. The Labute approximate surface area is 721 Å². The van der Waals surface area contributed by atoms with Gasteiger partial charge in [0.1, 0.15) is 46.5 Å². The number of aromatic nitrogens is 8. The molecule has 16 heteroatoms. The van der Waals surface area contributed by atoms with E-state index in [1.54, 1.807) is 48.5 Å². The van der Waals surface area contributed by atoms with E-state index in [1.165, 1.54) is 97.1 Å². The summed E-state index contributed by atoms with van der Waals surface area (Å²) in [7, 11) is 0. The highest BCUT2D eigenvalue weighted by Gasteiger charge is 2.28. The van der Waals surface area contributed by atoms with Crippen molar-refractivity contribution >= 4 is 174 Å². The van der Waals surface area contributed by atoms with Gasteiger partial charge in [0.2, 0.25) is 0 Å². The first kappa shape index (κ1) is 74.0. The topological polar surface area (TPSA) is 71.3 Å². The Hall–Kier alpha value is -16.7. The van der Waals surface area contributed by atoms with E-state index in [0.29, 0.717) is 43.1 Å². The lowest BCUT2D eigenvalue weighted by Crippen LogP contribution is -2.00. The molecule has 604 valence electrons. The third-order valence-electron chi connectivity index (χ3n) is 25.5. The number of para-hydroxylation sites is 2. The third-order valence-corrected chi connectivity index (χ3v) is 25.5. The summed E-state index contributed by atoms with van der Waals surface area (Å²) in [5.41, 5.74) is 17.4. The molecule has 0 saturated carbocycles. The maximum Gasteiger partial charge on any atom is 0.123 e. The van der Waals surface area contributed by atoms with Crippen LogP contribution in [0.3, 0.4) is 0 Å². The van der Waals surface area contributed by atoms with Crippen molar-refractivity contribution in [1.82, 2.24) is 38.2 Å². The molecule has 26 aromatic rings. The molecule has 26 rings (SSSR count). The number of benzene rings is 18. The fourth-order valence-corrected chi connectivity index (χ4v) is 20.1. The van der Waals surface area contributed by atoms with Crippen molar-refractivity contribution in [3.8, 4) is 67.8 Å². The zero-order valence-corrected chi connectivity index (χ0v) is 67.2. The van der Waals surface area contributed by atoms with Crippen LogP contribution in [0.4, 0.5) is 35.1 Å². The molecule has 8 heterocycles. The van der Waals surface area contributed by atoms with E-state index in [2.05, 4.69) is 115 Å². The van der Waals surface area contributed by atoms with Gasteiger partial charge in [-0.3, -0.25) is 9.97 Å². The predicted octanol–water partition coefficient (Wildman–Crippen LogP) is 30.3. The molecule has 0 saturated heterocycles. The summed E-state index contributed by atoms with van der Waals surface area (Å²) in [5, 5.41) is 18.0. The molecule has 0 N–H and O–H groups in total. The van der Waals surface area contributed by atoms with Crippen LogP contribution in [0.15, 0.2) is 364 Å². The maximum atomic E-state index is 14.9. The Kier molecular flexibility index (Phi) is 16.4. The van der Waals surface area contributed by atoms with Crippen LogP contribution in [0.5, 0.6) is 0 Å². The normalized spacial score (nSPS) is 12.1. The SMILES string of the molecule is Fc1ccc2c(c1)c1cc(F)ccc1n2-c1ccc2c(-c3ccc4ccccc4n3)c3cc(-n4c5ccc(F)cc5c5cc(F)ccc54)ccc3c(-c3ccc4ccccc4n3)c2c1.Fc1ccc2c(c1)c1cc(F)ccc1n2-c1ccc2c(-c3nccc4ccccc34)c3cc(-n4c5ccc(F)cc5c5cc(F)ccc54)ccc3c(-c3nccc4ccccc34)c2c1. The Morgan fingerprint density at radius 3 is 0.695 bits per heavy atom. The molecule has 0 aliphatic rings. The van der Waals surface area contributed by atoms with Gasteiger partial charge in [-0.15, -0.1) is 0 Å². The summed E-state index contributed by atoms with van der Waals surface area (Å²) in [6.07, 6.45) is 3.67. The second kappa shape index (κ2) is 28.4. The van der Waals surface area contributed by atoms with Crippen LogP contribution in [-0.4, -0.2) is 38.2 Å². The van der Waals surface area contributed by atoms with Crippen molar-refractivity contribution in [3.05, 3.63) is 411 Å². The van der Waals surface area contributed by atoms with Crippen LogP contribution < -0.4 is 0 Å². The van der Waals surface area contributed by atoms with Gasteiger partial charge < -0.3 is 18.3 Å². The molecule has 0 aliphatic carbocycles. The molecule has 8 aromatic heterocycles. The van der Waals surface area contributed by atoms with E-state index in [4.69, 9.17) is 19.9 Å². The van der Waals surface area contributed by atoms with Gasteiger partial charge in [0.15, 0.2) is 0 Å². The van der Waals surface area contributed by atoms with Gasteiger partial charge in [0.05, 0.1) is 77.9 Å². The van der Waals surface area contributed by atoms with E-state index in [9.17, 15) is 35.1 Å². The molecule has 0 atom stereocenters. The molecular formula is C112H60F8N8. The van der Waals surface area contributed by atoms with Crippen molar-refractivity contribution in [2.75, 3.05) is 0 Å². The lowest BCUT2D eigenvalue weighted by Gasteiger charge is -2.21. The first-order chi connectivity index (χ1) is 62.7. The largest absolute Gasteiger partial charge is 0.309 e. The number of pyridine rings is 4. The molecule has 0 fully saturated rings. The molecule has 0 amide bonds. The summed E-state index contributed by atoms with van der Waals surface area (Å²) in [4.78, 5) is 20.8. The summed E-state index contributed by atoms with van der Waals surface area (Å²) >= 11 is 0. The van der Waals surface area contributed by atoms with E-state index in [0.717, 1.165) is 198 Å². The molecule has 128 heavy (non-hydrogen) atoms. The van der Waals surface area contributed by atoms with Crippen LogP contribution in [-0.2, 0) is 0 Å². The lowest BCUT2D eigenvalue weighted by atomic mass is 9.86. The molecule has 0 aliphatic heterocycles. The van der Waals surface area contributed by atoms with Crippen molar-refractivity contribution in [2.24, 2.45) is 0 Å². The smallest absolute Gasteiger partial charge is 0.123 e. The van der Waals surface area contributed by atoms with Gasteiger partial charge in [-0.25, -0.2) is 45.1 Å². The number of hydrogen-bond donors (Lipinski definition) is 0. The van der Waals surface area contributed by atoms with Crippen molar-refractivity contribution in [2.45, 2.75) is 0 Å². The standard InChI is InChI=1S/2C56H30F4N4/c57-33-11-21-51-41(25-33)42-26-34(58)12-22-52(42)63(51)37-16-18-40-45(29-37)55(49-19-9-31-5-1-3-7-47(31)61-49)39-17-15-38(30-46(39)56(40)50-20-10-32-6-2-4-8-48(32)62-50)64-53-23-13-35(59)27-43(53)44-28-36(60)14-24-54(44)64;57-33-9-17-49-43(25-33)44-26-34(58)10-18-50(44)63(49)37-14-16-42-47(29-37)53(55-39-7-3-1-5-31(39)21-23-61-55)41-15-13-38(30-48(41)54(42)56-40-8-4-2-6-32(40)22-24-62-56)64-51-19-11-35(59)27-45(51)46-28-36(60)12-20-52(46)64/h2*1-30H. The molecule has 8 nitrogen and oxygen atoms in total. The fourth-order valence-electron chi connectivity index (χ4n) is 20.1. The van der Waals surface area contributed by atoms with Crippen LogP contribution in [0.1, 0.15) is 0 Å². The van der Waals surface area contributed by atoms with Gasteiger partial charge in [0.25, 0.3) is 0 Å². The van der Waals surface area contributed by atoms with Crippen LogP contribution in [0.2, 0.25) is 0 Å². The third kappa shape index (κ3) is 11.5. The van der Waals surface area contributed by atoms with Gasteiger partial charge in [-0.2, -0.15) is 0 Å². The summed E-state index contributed by atoms with van der Waals surface area (Å²) in [5.74, 6) is -3.24. The zero-order chi connectivity index (χ0) is 85.6.